The molecule has 0 saturated carbocycles. The summed E-state index contributed by atoms with van der Waals surface area (Å²) in [6.45, 7) is 0.781. The van der Waals surface area contributed by atoms with Gasteiger partial charge in [0.1, 0.15) is 30.5 Å². The molecule has 3 rings (SSSR count). The third-order valence-electron chi connectivity index (χ3n) is 3.92. The molecule has 3 aromatic rings. The SMILES string of the molecule is COC(=O)c1cccc(OC(=O)c2ccc(OCCOc3ccccc3)cc2)c1. The molecule has 148 valence electrons. The van der Waals surface area contributed by atoms with E-state index in [0.29, 0.717) is 30.1 Å². The van der Waals surface area contributed by atoms with E-state index in [1.165, 1.54) is 13.2 Å². The smallest absolute Gasteiger partial charge is 0.343 e. The van der Waals surface area contributed by atoms with E-state index in [1.807, 2.05) is 30.3 Å². The minimum Gasteiger partial charge on any atom is -0.490 e. The Morgan fingerprint density at radius 2 is 1.28 bits per heavy atom. The molecule has 0 heterocycles. The van der Waals surface area contributed by atoms with Crippen LogP contribution in [-0.4, -0.2) is 32.3 Å². The second kappa shape index (κ2) is 9.94. The van der Waals surface area contributed by atoms with E-state index in [9.17, 15) is 9.59 Å². The van der Waals surface area contributed by atoms with E-state index >= 15 is 0 Å². The molecule has 0 fully saturated rings. The lowest BCUT2D eigenvalue weighted by atomic mass is 10.2. The van der Waals surface area contributed by atoms with Crippen molar-refractivity contribution in [2.75, 3.05) is 20.3 Å². The summed E-state index contributed by atoms with van der Waals surface area (Å²) in [5.41, 5.74) is 0.667. The van der Waals surface area contributed by atoms with Gasteiger partial charge in [0.15, 0.2) is 0 Å². The lowest BCUT2D eigenvalue weighted by molar-refractivity contribution is 0.0597. The molecule has 0 spiro atoms. The summed E-state index contributed by atoms with van der Waals surface area (Å²) in [5.74, 6) is 0.624. The van der Waals surface area contributed by atoms with E-state index in [2.05, 4.69) is 4.74 Å². The molecular weight excluding hydrogens is 372 g/mol. The normalized spacial score (nSPS) is 10.1. The molecule has 29 heavy (non-hydrogen) atoms. The van der Waals surface area contributed by atoms with Gasteiger partial charge in [0.2, 0.25) is 0 Å². The molecular formula is C23H20O6. The van der Waals surface area contributed by atoms with E-state index in [0.717, 1.165) is 5.75 Å². The Labute approximate surface area is 168 Å². The quantitative estimate of drug-likeness (QED) is 0.326. The molecule has 6 nitrogen and oxygen atoms in total. The number of hydrogen-bond donors (Lipinski definition) is 0. The van der Waals surface area contributed by atoms with Crippen LogP contribution in [0, 0.1) is 0 Å². The van der Waals surface area contributed by atoms with Crippen molar-refractivity contribution < 1.29 is 28.5 Å². The van der Waals surface area contributed by atoms with Crippen LogP contribution >= 0.6 is 0 Å². The van der Waals surface area contributed by atoms with Gasteiger partial charge in [-0.2, -0.15) is 0 Å². The van der Waals surface area contributed by atoms with Crippen molar-refractivity contribution in [3.8, 4) is 17.2 Å². The monoisotopic (exact) mass is 392 g/mol. The summed E-state index contributed by atoms with van der Waals surface area (Å²) in [6, 6.07) is 22.3. The summed E-state index contributed by atoms with van der Waals surface area (Å²) < 4.78 is 21.1. The van der Waals surface area contributed by atoms with Crippen molar-refractivity contribution in [2.45, 2.75) is 0 Å². The maximum absolute atomic E-state index is 12.3. The van der Waals surface area contributed by atoms with E-state index in [-0.39, 0.29) is 5.75 Å². The van der Waals surface area contributed by atoms with Gasteiger partial charge in [-0.1, -0.05) is 24.3 Å². The van der Waals surface area contributed by atoms with Crippen LogP contribution in [0.2, 0.25) is 0 Å². The molecule has 0 aliphatic carbocycles. The minimum atomic E-state index is -0.536. The van der Waals surface area contributed by atoms with Crippen LogP contribution in [0.1, 0.15) is 20.7 Å². The van der Waals surface area contributed by atoms with Crippen LogP contribution in [0.3, 0.4) is 0 Å². The van der Waals surface area contributed by atoms with Crippen LogP contribution in [-0.2, 0) is 4.74 Å². The molecule has 0 saturated heterocycles. The molecule has 0 aliphatic rings. The standard InChI is InChI=1S/C23H20O6/c1-26-22(24)18-6-5-9-21(16-18)29-23(25)17-10-12-20(13-11-17)28-15-14-27-19-7-3-2-4-8-19/h2-13,16H,14-15H2,1H3. The zero-order valence-corrected chi connectivity index (χ0v) is 15.9. The molecule has 0 N–H and O–H groups in total. The highest BCUT2D eigenvalue weighted by Gasteiger charge is 2.11. The van der Waals surface area contributed by atoms with Crippen molar-refractivity contribution in [3.63, 3.8) is 0 Å². The minimum absolute atomic E-state index is 0.260. The average Bonchev–Trinajstić information content (AvgIpc) is 2.77. The zero-order valence-electron chi connectivity index (χ0n) is 15.9. The second-order valence-corrected chi connectivity index (χ2v) is 5.94. The van der Waals surface area contributed by atoms with Crippen molar-refractivity contribution in [2.24, 2.45) is 0 Å². The van der Waals surface area contributed by atoms with Crippen molar-refractivity contribution in [1.82, 2.24) is 0 Å². The molecule has 0 aromatic heterocycles. The van der Waals surface area contributed by atoms with Gasteiger partial charge in [0, 0.05) is 0 Å². The lowest BCUT2D eigenvalue weighted by Gasteiger charge is -2.09. The summed E-state index contributed by atoms with van der Waals surface area (Å²) >= 11 is 0. The first-order chi connectivity index (χ1) is 14.2. The highest BCUT2D eigenvalue weighted by atomic mass is 16.5. The fourth-order valence-corrected chi connectivity index (χ4v) is 2.49. The molecule has 0 aliphatic heterocycles. The van der Waals surface area contributed by atoms with Crippen molar-refractivity contribution in [1.29, 1.82) is 0 Å². The Balaban J connectivity index is 1.50. The molecule has 0 atom stereocenters. The van der Waals surface area contributed by atoms with Gasteiger partial charge >= 0.3 is 11.9 Å². The molecule has 0 radical (unpaired) electrons. The highest BCUT2D eigenvalue weighted by Crippen LogP contribution is 2.18. The van der Waals surface area contributed by atoms with E-state index < -0.39 is 11.9 Å². The van der Waals surface area contributed by atoms with Crippen molar-refractivity contribution in [3.05, 3.63) is 90.0 Å². The Morgan fingerprint density at radius 1 is 0.655 bits per heavy atom. The largest absolute Gasteiger partial charge is 0.490 e. The maximum Gasteiger partial charge on any atom is 0.343 e. The summed E-state index contributed by atoms with van der Waals surface area (Å²) in [5, 5.41) is 0. The summed E-state index contributed by atoms with van der Waals surface area (Å²) in [7, 11) is 1.29. The van der Waals surface area contributed by atoms with Gasteiger partial charge in [-0.15, -0.1) is 0 Å². The predicted molar refractivity (Wildman–Crippen MR) is 107 cm³/mol. The fourth-order valence-electron chi connectivity index (χ4n) is 2.49. The lowest BCUT2D eigenvalue weighted by Crippen LogP contribution is -2.10. The topological polar surface area (TPSA) is 71.1 Å². The molecule has 0 amide bonds. The van der Waals surface area contributed by atoms with E-state index in [4.69, 9.17) is 14.2 Å². The number of carbonyl (C=O) groups is 2. The van der Waals surface area contributed by atoms with Gasteiger partial charge in [0.25, 0.3) is 0 Å². The highest BCUT2D eigenvalue weighted by molar-refractivity contribution is 5.92. The number of benzene rings is 3. The zero-order chi connectivity index (χ0) is 20.5. The first kappa shape index (κ1) is 19.9. The van der Waals surface area contributed by atoms with Gasteiger partial charge in [-0.25, -0.2) is 9.59 Å². The summed E-state index contributed by atoms with van der Waals surface area (Å²) in [6.07, 6.45) is 0. The molecule has 0 bridgehead atoms. The number of hydrogen-bond acceptors (Lipinski definition) is 6. The average molecular weight is 392 g/mol. The van der Waals surface area contributed by atoms with E-state index in [1.54, 1.807) is 42.5 Å². The molecule has 3 aromatic carbocycles. The third kappa shape index (κ3) is 5.84. The Hall–Kier alpha value is -3.80. The van der Waals surface area contributed by atoms with Gasteiger partial charge < -0.3 is 18.9 Å². The number of carbonyl (C=O) groups excluding carboxylic acids is 2. The number of rotatable bonds is 8. The predicted octanol–water partition coefficient (Wildman–Crippen LogP) is 4.15. The third-order valence-corrected chi connectivity index (χ3v) is 3.92. The first-order valence-electron chi connectivity index (χ1n) is 8.97. The molecule has 6 heteroatoms. The number of esters is 2. The van der Waals surface area contributed by atoms with Crippen LogP contribution in [0.15, 0.2) is 78.9 Å². The Morgan fingerprint density at radius 3 is 1.93 bits per heavy atom. The fraction of sp³-hybridized carbons (Fsp3) is 0.130. The van der Waals surface area contributed by atoms with Crippen LogP contribution < -0.4 is 14.2 Å². The van der Waals surface area contributed by atoms with Crippen molar-refractivity contribution >= 4 is 11.9 Å². The Kier molecular flexibility index (Phi) is 6.84. The van der Waals surface area contributed by atoms with Gasteiger partial charge in [0.05, 0.1) is 18.2 Å². The Bertz CT molecular complexity index is 951. The number of para-hydroxylation sites is 1. The van der Waals surface area contributed by atoms with Gasteiger partial charge in [-0.3, -0.25) is 0 Å². The molecule has 0 unspecified atom stereocenters. The van der Waals surface area contributed by atoms with Crippen LogP contribution in [0.5, 0.6) is 17.2 Å². The van der Waals surface area contributed by atoms with Gasteiger partial charge in [-0.05, 0) is 54.6 Å². The van der Waals surface area contributed by atoms with Crippen LogP contribution in [0.4, 0.5) is 0 Å². The number of methoxy groups -OCH3 is 1. The summed E-state index contributed by atoms with van der Waals surface area (Å²) in [4.78, 5) is 23.9. The van der Waals surface area contributed by atoms with Crippen LogP contribution in [0.25, 0.3) is 0 Å². The first-order valence-corrected chi connectivity index (χ1v) is 8.97. The second-order valence-electron chi connectivity index (χ2n) is 5.94. The maximum atomic E-state index is 12.3. The number of ether oxygens (including phenoxy) is 4.